The van der Waals surface area contributed by atoms with Gasteiger partial charge in [0, 0.05) is 17.2 Å². The molecule has 0 spiro atoms. The number of thioether (sulfide) groups is 1. The highest BCUT2D eigenvalue weighted by atomic mass is 32.2. The Hall–Kier alpha value is -1.57. The summed E-state index contributed by atoms with van der Waals surface area (Å²) in [5.41, 5.74) is 1.04. The predicted octanol–water partition coefficient (Wildman–Crippen LogP) is 4.43. The summed E-state index contributed by atoms with van der Waals surface area (Å²) >= 11 is 1.42. The van der Waals surface area contributed by atoms with Crippen LogP contribution < -0.4 is 9.46 Å². The monoisotopic (exact) mass is 411 g/mol. The summed E-state index contributed by atoms with van der Waals surface area (Å²) in [6.45, 7) is 6.12. The molecule has 7 heteroatoms. The molecule has 0 saturated carbocycles. The topological polar surface area (TPSA) is 55.4 Å². The zero-order valence-corrected chi connectivity index (χ0v) is 17.4. The SMILES string of the molecule is CC(CNS(=O)(=O)C(C)C)c1ccc(OCCSc2ccccc2F)cc1. The van der Waals surface area contributed by atoms with Crippen LogP contribution in [0.4, 0.5) is 4.39 Å². The Morgan fingerprint density at radius 1 is 1.07 bits per heavy atom. The summed E-state index contributed by atoms with van der Waals surface area (Å²) in [4.78, 5) is 0.620. The minimum Gasteiger partial charge on any atom is -0.493 e. The van der Waals surface area contributed by atoms with E-state index in [0.717, 1.165) is 11.3 Å². The molecule has 0 radical (unpaired) electrons. The Morgan fingerprint density at radius 2 is 1.74 bits per heavy atom. The number of hydrogen-bond acceptors (Lipinski definition) is 4. The Morgan fingerprint density at radius 3 is 2.37 bits per heavy atom. The second kappa shape index (κ2) is 10.1. The second-order valence-corrected chi connectivity index (χ2v) is 10.00. The van der Waals surface area contributed by atoms with E-state index in [1.165, 1.54) is 17.8 Å². The molecule has 4 nitrogen and oxygen atoms in total. The van der Waals surface area contributed by atoms with Crippen molar-refractivity contribution in [1.82, 2.24) is 4.72 Å². The lowest BCUT2D eigenvalue weighted by molar-refractivity contribution is 0.343. The first-order chi connectivity index (χ1) is 12.8. The number of nitrogens with one attached hydrogen (secondary N) is 1. The minimum absolute atomic E-state index is 0.0594. The molecule has 1 N–H and O–H groups in total. The Labute approximate surface area is 165 Å². The fraction of sp³-hybridized carbons (Fsp3) is 0.400. The van der Waals surface area contributed by atoms with Crippen molar-refractivity contribution < 1.29 is 17.5 Å². The summed E-state index contributed by atoms with van der Waals surface area (Å²) < 4.78 is 45.5. The van der Waals surface area contributed by atoms with Crippen molar-refractivity contribution in [3.8, 4) is 5.75 Å². The van der Waals surface area contributed by atoms with Crippen molar-refractivity contribution in [3.63, 3.8) is 0 Å². The van der Waals surface area contributed by atoms with E-state index in [1.807, 2.05) is 37.3 Å². The van der Waals surface area contributed by atoms with Crippen molar-refractivity contribution in [3.05, 3.63) is 59.9 Å². The zero-order valence-electron chi connectivity index (χ0n) is 15.8. The fourth-order valence-electron chi connectivity index (χ4n) is 2.29. The molecule has 27 heavy (non-hydrogen) atoms. The number of halogens is 1. The van der Waals surface area contributed by atoms with Crippen LogP contribution in [0.5, 0.6) is 5.75 Å². The van der Waals surface area contributed by atoms with Gasteiger partial charge in [-0.3, -0.25) is 0 Å². The first-order valence-electron chi connectivity index (χ1n) is 8.88. The quantitative estimate of drug-likeness (QED) is 0.464. The van der Waals surface area contributed by atoms with Gasteiger partial charge in [-0.2, -0.15) is 0 Å². The average Bonchev–Trinajstić information content (AvgIpc) is 2.65. The van der Waals surface area contributed by atoms with Crippen LogP contribution in [0.1, 0.15) is 32.3 Å². The first-order valence-corrected chi connectivity index (χ1v) is 11.4. The van der Waals surface area contributed by atoms with E-state index >= 15 is 0 Å². The highest BCUT2D eigenvalue weighted by Gasteiger charge is 2.17. The molecular formula is C20H26FNO3S2. The maximum absolute atomic E-state index is 13.5. The van der Waals surface area contributed by atoms with Crippen molar-refractivity contribution in [2.45, 2.75) is 36.8 Å². The van der Waals surface area contributed by atoms with Gasteiger partial charge < -0.3 is 4.74 Å². The van der Waals surface area contributed by atoms with E-state index in [1.54, 1.807) is 26.0 Å². The predicted molar refractivity (Wildman–Crippen MR) is 110 cm³/mol. The standard InChI is InChI=1S/C20H26FNO3S2/c1-15(2)27(23,24)22-14-16(3)17-8-10-18(11-9-17)25-12-13-26-20-7-5-4-6-19(20)21/h4-11,15-16,22H,12-14H2,1-3H3. The molecule has 0 aliphatic carbocycles. The first kappa shape index (κ1) is 21.7. The Balaban J connectivity index is 1.78. The highest BCUT2D eigenvalue weighted by Crippen LogP contribution is 2.22. The summed E-state index contributed by atoms with van der Waals surface area (Å²) in [6, 6.07) is 14.3. The summed E-state index contributed by atoms with van der Waals surface area (Å²) in [5.74, 6) is 1.23. The molecule has 2 aromatic carbocycles. The summed E-state index contributed by atoms with van der Waals surface area (Å²) in [6.07, 6.45) is 0. The van der Waals surface area contributed by atoms with Gasteiger partial charge >= 0.3 is 0 Å². The smallest absolute Gasteiger partial charge is 0.213 e. The molecule has 0 aromatic heterocycles. The van der Waals surface area contributed by atoms with E-state index < -0.39 is 15.3 Å². The van der Waals surface area contributed by atoms with Gasteiger partial charge in [-0.05, 0) is 49.6 Å². The fourth-order valence-corrected chi connectivity index (χ4v) is 3.87. The molecule has 2 aromatic rings. The molecule has 0 aliphatic rings. The molecule has 0 saturated heterocycles. The lowest BCUT2D eigenvalue weighted by Gasteiger charge is -2.15. The minimum atomic E-state index is -3.25. The van der Waals surface area contributed by atoms with Crippen molar-refractivity contribution in [2.24, 2.45) is 0 Å². The lowest BCUT2D eigenvalue weighted by atomic mass is 10.0. The zero-order chi connectivity index (χ0) is 19.9. The van der Waals surface area contributed by atoms with Crippen LogP contribution >= 0.6 is 11.8 Å². The molecular weight excluding hydrogens is 385 g/mol. The van der Waals surface area contributed by atoms with Gasteiger partial charge in [0.05, 0.1) is 11.9 Å². The van der Waals surface area contributed by atoms with E-state index in [9.17, 15) is 12.8 Å². The molecule has 0 fully saturated rings. The van der Waals surface area contributed by atoms with Gasteiger partial charge in [-0.1, -0.05) is 31.2 Å². The third kappa shape index (κ3) is 6.83. The summed E-state index contributed by atoms with van der Waals surface area (Å²) in [7, 11) is -3.25. The van der Waals surface area contributed by atoms with Crippen LogP contribution in [0.2, 0.25) is 0 Å². The average molecular weight is 412 g/mol. The highest BCUT2D eigenvalue weighted by molar-refractivity contribution is 7.99. The third-order valence-electron chi connectivity index (χ3n) is 4.11. The largest absolute Gasteiger partial charge is 0.493 e. The van der Waals surface area contributed by atoms with Gasteiger partial charge in [-0.15, -0.1) is 11.8 Å². The molecule has 0 amide bonds. The molecule has 0 bridgehead atoms. The van der Waals surface area contributed by atoms with Crippen LogP contribution in [0.3, 0.4) is 0 Å². The second-order valence-electron chi connectivity index (χ2n) is 6.54. The van der Waals surface area contributed by atoms with Gasteiger partial charge in [0.15, 0.2) is 0 Å². The molecule has 0 heterocycles. The normalized spacial score (nSPS) is 12.9. The number of benzene rings is 2. The van der Waals surface area contributed by atoms with Gasteiger partial charge in [0.25, 0.3) is 0 Å². The lowest BCUT2D eigenvalue weighted by Crippen LogP contribution is -2.33. The van der Waals surface area contributed by atoms with Crippen LogP contribution in [-0.4, -0.2) is 32.6 Å². The maximum atomic E-state index is 13.5. The van der Waals surface area contributed by atoms with Crippen LogP contribution in [-0.2, 0) is 10.0 Å². The number of ether oxygens (including phenoxy) is 1. The molecule has 1 unspecified atom stereocenters. The van der Waals surface area contributed by atoms with Gasteiger partial charge in [0.2, 0.25) is 10.0 Å². The van der Waals surface area contributed by atoms with Gasteiger partial charge in [0.1, 0.15) is 11.6 Å². The molecule has 2 rings (SSSR count). The van der Waals surface area contributed by atoms with Crippen LogP contribution in [0.25, 0.3) is 0 Å². The van der Waals surface area contributed by atoms with Crippen molar-refractivity contribution in [1.29, 1.82) is 0 Å². The van der Waals surface area contributed by atoms with Crippen LogP contribution in [0.15, 0.2) is 53.4 Å². The molecule has 148 valence electrons. The number of sulfonamides is 1. The van der Waals surface area contributed by atoms with Crippen molar-refractivity contribution in [2.75, 3.05) is 18.9 Å². The van der Waals surface area contributed by atoms with E-state index in [2.05, 4.69) is 4.72 Å². The number of hydrogen-bond donors (Lipinski definition) is 1. The summed E-state index contributed by atoms with van der Waals surface area (Å²) in [5, 5.41) is -0.442. The van der Waals surface area contributed by atoms with E-state index in [-0.39, 0.29) is 11.7 Å². The Kier molecular flexibility index (Phi) is 8.13. The Bertz CT molecular complexity index is 823. The van der Waals surface area contributed by atoms with Gasteiger partial charge in [-0.25, -0.2) is 17.5 Å². The third-order valence-corrected chi connectivity index (χ3v) is 6.93. The number of rotatable bonds is 10. The van der Waals surface area contributed by atoms with Crippen LogP contribution in [0, 0.1) is 5.82 Å². The van der Waals surface area contributed by atoms with E-state index in [4.69, 9.17) is 4.74 Å². The maximum Gasteiger partial charge on any atom is 0.213 e. The molecule has 0 aliphatic heterocycles. The van der Waals surface area contributed by atoms with E-state index in [0.29, 0.717) is 23.8 Å². The van der Waals surface area contributed by atoms with Crippen molar-refractivity contribution >= 4 is 21.8 Å². The molecule has 1 atom stereocenters.